The summed E-state index contributed by atoms with van der Waals surface area (Å²) in [6.07, 6.45) is 0.232. The highest BCUT2D eigenvalue weighted by atomic mass is 35.5. The van der Waals surface area contributed by atoms with Crippen LogP contribution in [0.1, 0.15) is 11.1 Å². The van der Waals surface area contributed by atoms with Gasteiger partial charge in [0.05, 0.1) is 24.3 Å². The van der Waals surface area contributed by atoms with Gasteiger partial charge in [0.15, 0.2) is 0 Å². The number of ether oxygens (including phenoxy) is 1. The van der Waals surface area contributed by atoms with Gasteiger partial charge in [-0.1, -0.05) is 17.7 Å². The average molecular weight is 280 g/mol. The van der Waals surface area contributed by atoms with Crippen molar-refractivity contribution < 1.29 is 4.74 Å². The van der Waals surface area contributed by atoms with Crippen molar-refractivity contribution in [2.75, 3.05) is 33.3 Å². The zero-order chi connectivity index (χ0) is 13.7. The van der Waals surface area contributed by atoms with E-state index in [1.165, 1.54) is 0 Å². The fraction of sp³-hybridized carbons (Fsp3) is 0.500. The smallest absolute Gasteiger partial charge is 0.0992 e. The molecule has 0 aliphatic carbocycles. The van der Waals surface area contributed by atoms with E-state index < -0.39 is 0 Å². The number of morpholine rings is 1. The summed E-state index contributed by atoms with van der Waals surface area (Å²) in [6, 6.07) is 7.45. The van der Waals surface area contributed by atoms with Crippen molar-refractivity contribution >= 4 is 11.6 Å². The molecule has 1 heterocycles. The fourth-order valence-corrected chi connectivity index (χ4v) is 2.37. The second-order valence-corrected chi connectivity index (χ2v) is 5.21. The molecule has 0 amide bonds. The van der Waals surface area contributed by atoms with Crippen LogP contribution in [-0.2, 0) is 11.3 Å². The number of nitrogens with one attached hydrogen (secondary N) is 1. The first-order chi connectivity index (χ1) is 9.19. The molecule has 19 heavy (non-hydrogen) atoms. The zero-order valence-corrected chi connectivity index (χ0v) is 11.8. The molecule has 1 unspecified atom stereocenters. The van der Waals surface area contributed by atoms with Crippen molar-refractivity contribution in [3.63, 3.8) is 0 Å². The van der Waals surface area contributed by atoms with Crippen LogP contribution in [0.5, 0.6) is 0 Å². The normalized spacial score (nSPS) is 20.2. The third-order valence-electron chi connectivity index (χ3n) is 3.21. The van der Waals surface area contributed by atoms with Crippen LogP contribution >= 0.6 is 11.6 Å². The van der Waals surface area contributed by atoms with Crippen molar-refractivity contribution in [3.05, 3.63) is 34.3 Å². The summed E-state index contributed by atoms with van der Waals surface area (Å²) < 4.78 is 5.67. The van der Waals surface area contributed by atoms with Crippen molar-refractivity contribution in [1.82, 2.24) is 10.2 Å². The van der Waals surface area contributed by atoms with Crippen molar-refractivity contribution in [1.29, 1.82) is 5.26 Å². The molecular weight excluding hydrogens is 262 g/mol. The van der Waals surface area contributed by atoms with Gasteiger partial charge in [-0.15, -0.1) is 0 Å². The molecule has 0 radical (unpaired) electrons. The van der Waals surface area contributed by atoms with Crippen LogP contribution in [0.2, 0.25) is 5.02 Å². The number of rotatable bonds is 4. The highest BCUT2D eigenvalue weighted by molar-refractivity contribution is 6.31. The number of nitrogens with zero attached hydrogens (tertiary/aromatic N) is 2. The van der Waals surface area contributed by atoms with E-state index in [9.17, 15) is 0 Å². The minimum atomic E-state index is 0.232. The Hall–Kier alpha value is -1.12. The standard InChI is InChI=1S/C14H18ClN3O/c1-18-4-5-19-13(10-18)9-17-8-12-3-2-11(7-16)6-14(12)15/h2-3,6,13,17H,4-5,8-10H2,1H3. The Morgan fingerprint density at radius 2 is 2.42 bits per heavy atom. The molecule has 1 aromatic rings. The molecule has 1 aromatic carbocycles. The fourth-order valence-electron chi connectivity index (χ4n) is 2.12. The molecular formula is C14H18ClN3O. The Labute approximate surface area is 118 Å². The maximum atomic E-state index is 8.78. The van der Waals surface area contributed by atoms with E-state index in [-0.39, 0.29) is 6.10 Å². The Morgan fingerprint density at radius 1 is 1.58 bits per heavy atom. The maximum Gasteiger partial charge on any atom is 0.0992 e. The number of halogens is 1. The maximum absolute atomic E-state index is 8.78. The van der Waals surface area contributed by atoms with Gasteiger partial charge in [-0.3, -0.25) is 0 Å². The minimum absolute atomic E-state index is 0.232. The molecule has 0 spiro atoms. The number of benzene rings is 1. The van der Waals surface area contributed by atoms with Crippen LogP contribution in [-0.4, -0.2) is 44.3 Å². The lowest BCUT2D eigenvalue weighted by atomic mass is 10.1. The van der Waals surface area contributed by atoms with Crippen LogP contribution in [0.15, 0.2) is 18.2 Å². The Bertz CT molecular complexity index is 472. The van der Waals surface area contributed by atoms with E-state index in [4.69, 9.17) is 21.6 Å². The average Bonchev–Trinajstić information content (AvgIpc) is 2.40. The summed E-state index contributed by atoms with van der Waals surface area (Å²) in [5.41, 5.74) is 1.59. The Kier molecular flexibility index (Phi) is 5.17. The van der Waals surface area contributed by atoms with Crippen LogP contribution in [0.4, 0.5) is 0 Å². The molecule has 1 saturated heterocycles. The van der Waals surface area contributed by atoms with Gasteiger partial charge >= 0.3 is 0 Å². The SMILES string of the molecule is CN1CCOC(CNCc2ccc(C#N)cc2Cl)C1. The van der Waals surface area contributed by atoms with Crippen LogP contribution in [0.3, 0.4) is 0 Å². The first-order valence-electron chi connectivity index (χ1n) is 6.38. The van der Waals surface area contributed by atoms with E-state index in [1.807, 2.05) is 6.07 Å². The number of hydrogen-bond donors (Lipinski definition) is 1. The predicted molar refractivity (Wildman–Crippen MR) is 75.1 cm³/mol. The molecule has 0 saturated carbocycles. The topological polar surface area (TPSA) is 48.3 Å². The summed E-state index contributed by atoms with van der Waals surface area (Å²) in [5, 5.41) is 12.8. The molecule has 1 fully saturated rings. The monoisotopic (exact) mass is 279 g/mol. The summed E-state index contributed by atoms with van der Waals surface area (Å²) in [4.78, 5) is 2.27. The minimum Gasteiger partial charge on any atom is -0.374 e. The van der Waals surface area contributed by atoms with Crippen LogP contribution < -0.4 is 5.32 Å². The molecule has 5 heteroatoms. The summed E-state index contributed by atoms with van der Waals surface area (Å²) in [5.74, 6) is 0. The van der Waals surface area contributed by atoms with E-state index in [1.54, 1.807) is 12.1 Å². The number of likely N-dealkylation sites (N-methyl/N-ethyl adjacent to an activating group) is 1. The largest absolute Gasteiger partial charge is 0.374 e. The number of hydrogen-bond acceptors (Lipinski definition) is 4. The first kappa shape index (κ1) is 14.3. The molecule has 0 aromatic heterocycles. The summed E-state index contributed by atoms with van der Waals surface area (Å²) >= 11 is 6.12. The molecule has 1 aliphatic rings. The molecule has 0 bridgehead atoms. The third kappa shape index (κ3) is 4.19. The zero-order valence-electron chi connectivity index (χ0n) is 11.0. The van der Waals surface area contributed by atoms with Crippen molar-refractivity contribution in [3.8, 4) is 6.07 Å². The van der Waals surface area contributed by atoms with Gasteiger partial charge in [0, 0.05) is 31.2 Å². The Morgan fingerprint density at radius 3 is 3.11 bits per heavy atom. The third-order valence-corrected chi connectivity index (χ3v) is 3.56. The summed E-state index contributed by atoms with van der Waals surface area (Å²) in [6.45, 7) is 4.24. The number of nitriles is 1. The molecule has 1 N–H and O–H groups in total. The quantitative estimate of drug-likeness (QED) is 0.910. The second kappa shape index (κ2) is 6.88. The van der Waals surface area contributed by atoms with E-state index in [0.29, 0.717) is 17.1 Å². The van der Waals surface area contributed by atoms with E-state index >= 15 is 0 Å². The van der Waals surface area contributed by atoms with Gasteiger partial charge < -0.3 is 15.0 Å². The van der Waals surface area contributed by atoms with Gasteiger partial charge in [0.1, 0.15) is 0 Å². The second-order valence-electron chi connectivity index (χ2n) is 4.80. The summed E-state index contributed by atoms with van der Waals surface area (Å²) in [7, 11) is 2.10. The predicted octanol–water partition coefficient (Wildman–Crippen LogP) is 1.63. The Balaban J connectivity index is 1.81. The lowest BCUT2D eigenvalue weighted by Crippen LogP contribution is -2.44. The van der Waals surface area contributed by atoms with Crippen molar-refractivity contribution in [2.24, 2.45) is 0 Å². The molecule has 1 aliphatic heterocycles. The highest BCUT2D eigenvalue weighted by Gasteiger charge is 2.16. The first-order valence-corrected chi connectivity index (χ1v) is 6.76. The van der Waals surface area contributed by atoms with Gasteiger partial charge in [-0.2, -0.15) is 5.26 Å². The van der Waals surface area contributed by atoms with E-state index in [2.05, 4.69) is 23.3 Å². The molecule has 4 nitrogen and oxygen atoms in total. The van der Waals surface area contributed by atoms with Gasteiger partial charge in [0.25, 0.3) is 0 Å². The van der Waals surface area contributed by atoms with Gasteiger partial charge in [0.2, 0.25) is 0 Å². The van der Waals surface area contributed by atoms with Gasteiger partial charge in [-0.05, 0) is 24.7 Å². The molecule has 1 atom stereocenters. The highest BCUT2D eigenvalue weighted by Crippen LogP contribution is 2.17. The van der Waals surface area contributed by atoms with Crippen molar-refractivity contribution in [2.45, 2.75) is 12.6 Å². The van der Waals surface area contributed by atoms with E-state index in [0.717, 1.165) is 31.8 Å². The lowest BCUT2D eigenvalue weighted by molar-refractivity contribution is -0.0182. The van der Waals surface area contributed by atoms with Gasteiger partial charge in [-0.25, -0.2) is 0 Å². The molecule has 2 rings (SSSR count). The molecule has 102 valence electrons. The van der Waals surface area contributed by atoms with Crippen LogP contribution in [0.25, 0.3) is 0 Å². The van der Waals surface area contributed by atoms with Crippen LogP contribution in [0, 0.1) is 11.3 Å². The lowest BCUT2D eigenvalue weighted by Gasteiger charge is -2.30.